The molecule has 2 aliphatic rings. The molecule has 1 aromatic carbocycles. The topological polar surface area (TPSA) is 63.7 Å². The summed E-state index contributed by atoms with van der Waals surface area (Å²) >= 11 is 6.27. The Hall–Kier alpha value is -2.47. The predicted octanol–water partition coefficient (Wildman–Crippen LogP) is 3.43. The lowest BCUT2D eigenvalue weighted by atomic mass is 10.1. The van der Waals surface area contributed by atoms with Crippen molar-refractivity contribution in [1.82, 2.24) is 10.3 Å². The fraction of sp³-hybridized carbons (Fsp3) is 0.400. The second-order valence-corrected chi connectivity index (χ2v) is 7.11. The number of ether oxygens (including phenoxy) is 2. The van der Waals surface area contributed by atoms with E-state index in [1.165, 1.54) is 6.42 Å². The van der Waals surface area contributed by atoms with E-state index in [1.807, 2.05) is 12.1 Å². The van der Waals surface area contributed by atoms with Crippen LogP contribution in [-0.2, 0) is 6.54 Å². The number of benzene rings is 1. The first-order chi connectivity index (χ1) is 13.2. The Labute approximate surface area is 163 Å². The van der Waals surface area contributed by atoms with Crippen molar-refractivity contribution in [2.24, 2.45) is 0 Å². The number of aromatic nitrogens is 1. The van der Waals surface area contributed by atoms with Gasteiger partial charge in [0.05, 0.1) is 10.6 Å². The number of nitrogens with one attached hydrogen (secondary N) is 1. The number of amides is 1. The van der Waals surface area contributed by atoms with Crippen LogP contribution in [-0.4, -0.2) is 37.2 Å². The van der Waals surface area contributed by atoms with Gasteiger partial charge in [0.1, 0.15) is 19.0 Å². The molecule has 0 radical (unpaired) electrons. The van der Waals surface area contributed by atoms with Crippen molar-refractivity contribution in [1.29, 1.82) is 0 Å². The molecule has 0 bridgehead atoms. The molecule has 2 aliphatic heterocycles. The minimum absolute atomic E-state index is 0.144. The number of anilines is 1. The summed E-state index contributed by atoms with van der Waals surface area (Å²) in [6.07, 6.45) is 5.23. The molecular weight excluding hydrogens is 366 g/mol. The Morgan fingerprint density at radius 2 is 2.00 bits per heavy atom. The SMILES string of the molecule is O=C(NCc1cc(Cl)c2c(c1)OCCO2)c1cccnc1N1CCCCC1. The molecule has 0 saturated carbocycles. The second kappa shape index (κ2) is 8.05. The van der Waals surface area contributed by atoms with Crippen LogP contribution in [0, 0.1) is 0 Å². The summed E-state index contributed by atoms with van der Waals surface area (Å²) in [6.45, 7) is 3.21. The van der Waals surface area contributed by atoms with Crippen molar-refractivity contribution >= 4 is 23.3 Å². The molecule has 1 saturated heterocycles. The van der Waals surface area contributed by atoms with Crippen LogP contribution in [0.15, 0.2) is 30.5 Å². The maximum atomic E-state index is 12.8. The summed E-state index contributed by atoms with van der Waals surface area (Å²) in [6, 6.07) is 7.27. The minimum Gasteiger partial charge on any atom is -0.486 e. The van der Waals surface area contributed by atoms with Crippen molar-refractivity contribution in [3.8, 4) is 11.5 Å². The van der Waals surface area contributed by atoms with Crippen LogP contribution in [0.2, 0.25) is 5.02 Å². The maximum Gasteiger partial charge on any atom is 0.255 e. The molecule has 4 rings (SSSR count). The molecule has 2 aromatic rings. The molecule has 7 heteroatoms. The normalized spacial score (nSPS) is 16.1. The molecule has 1 fully saturated rings. The third-order valence-electron chi connectivity index (χ3n) is 4.80. The second-order valence-electron chi connectivity index (χ2n) is 6.71. The number of halogens is 1. The lowest BCUT2D eigenvalue weighted by molar-refractivity contribution is 0.0951. The lowest BCUT2D eigenvalue weighted by Gasteiger charge is -2.29. The van der Waals surface area contributed by atoms with E-state index in [0.29, 0.717) is 41.8 Å². The van der Waals surface area contributed by atoms with E-state index in [4.69, 9.17) is 21.1 Å². The molecule has 0 unspecified atom stereocenters. The molecule has 1 N–H and O–H groups in total. The number of piperidine rings is 1. The van der Waals surface area contributed by atoms with Gasteiger partial charge < -0.3 is 19.7 Å². The summed E-state index contributed by atoms with van der Waals surface area (Å²) in [5.74, 6) is 1.80. The molecule has 0 spiro atoms. The first-order valence-corrected chi connectivity index (χ1v) is 9.66. The van der Waals surface area contributed by atoms with Gasteiger partial charge in [-0.05, 0) is 49.1 Å². The minimum atomic E-state index is -0.144. The molecule has 3 heterocycles. The van der Waals surface area contributed by atoms with Gasteiger partial charge in [0.2, 0.25) is 0 Å². The zero-order chi connectivity index (χ0) is 18.6. The summed E-state index contributed by atoms with van der Waals surface area (Å²) in [5.41, 5.74) is 1.46. The summed E-state index contributed by atoms with van der Waals surface area (Å²) in [4.78, 5) is 19.4. The number of rotatable bonds is 4. The van der Waals surface area contributed by atoms with Gasteiger partial charge in [-0.2, -0.15) is 0 Å². The van der Waals surface area contributed by atoms with Crippen molar-refractivity contribution in [3.05, 3.63) is 46.6 Å². The number of pyridine rings is 1. The van der Waals surface area contributed by atoms with Crippen molar-refractivity contribution in [2.45, 2.75) is 25.8 Å². The smallest absolute Gasteiger partial charge is 0.255 e. The quantitative estimate of drug-likeness (QED) is 0.870. The number of carbonyl (C=O) groups is 1. The van der Waals surface area contributed by atoms with Gasteiger partial charge in [-0.25, -0.2) is 4.98 Å². The Kier molecular flexibility index (Phi) is 5.34. The van der Waals surface area contributed by atoms with Crippen molar-refractivity contribution in [2.75, 3.05) is 31.2 Å². The monoisotopic (exact) mass is 387 g/mol. The summed E-state index contributed by atoms with van der Waals surface area (Å²) in [5, 5.41) is 3.46. The summed E-state index contributed by atoms with van der Waals surface area (Å²) in [7, 11) is 0. The first-order valence-electron chi connectivity index (χ1n) is 9.28. The zero-order valence-electron chi connectivity index (χ0n) is 15.0. The number of hydrogen-bond acceptors (Lipinski definition) is 5. The average Bonchev–Trinajstić information content (AvgIpc) is 2.73. The van der Waals surface area contributed by atoms with Crippen LogP contribution in [0.3, 0.4) is 0 Å². The van der Waals surface area contributed by atoms with Crippen LogP contribution >= 0.6 is 11.6 Å². The molecular formula is C20H22ClN3O3. The van der Waals surface area contributed by atoms with E-state index in [1.54, 1.807) is 18.3 Å². The fourth-order valence-corrected chi connectivity index (χ4v) is 3.76. The molecule has 1 amide bonds. The molecule has 1 aromatic heterocycles. The van der Waals surface area contributed by atoms with E-state index in [0.717, 1.165) is 37.3 Å². The van der Waals surface area contributed by atoms with Gasteiger partial charge in [-0.1, -0.05) is 11.6 Å². The number of hydrogen-bond donors (Lipinski definition) is 1. The van der Waals surface area contributed by atoms with Gasteiger partial charge in [0.25, 0.3) is 5.91 Å². The molecule has 27 heavy (non-hydrogen) atoms. The highest BCUT2D eigenvalue weighted by atomic mass is 35.5. The van der Waals surface area contributed by atoms with Crippen molar-refractivity contribution in [3.63, 3.8) is 0 Å². The Morgan fingerprint density at radius 3 is 2.85 bits per heavy atom. The van der Waals surface area contributed by atoms with Crippen LogP contribution in [0.1, 0.15) is 35.2 Å². The van der Waals surface area contributed by atoms with Gasteiger partial charge in [0.15, 0.2) is 11.5 Å². The number of carbonyl (C=O) groups excluding carboxylic acids is 1. The van der Waals surface area contributed by atoms with E-state index in [2.05, 4.69) is 15.2 Å². The summed E-state index contributed by atoms with van der Waals surface area (Å²) < 4.78 is 11.1. The van der Waals surface area contributed by atoms with E-state index in [9.17, 15) is 4.79 Å². The average molecular weight is 388 g/mol. The van der Waals surface area contributed by atoms with Crippen LogP contribution in [0.4, 0.5) is 5.82 Å². The largest absolute Gasteiger partial charge is 0.486 e. The van der Waals surface area contributed by atoms with Gasteiger partial charge in [0, 0.05) is 25.8 Å². The Morgan fingerprint density at radius 1 is 1.19 bits per heavy atom. The number of nitrogens with zero attached hydrogens (tertiary/aromatic N) is 2. The maximum absolute atomic E-state index is 12.8. The number of fused-ring (bicyclic) bond motifs is 1. The van der Waals surface area contributed by atoms with Crippen LogP contribution in [0.5, 0.6) is 11.5 Å². The van der Waals surface area contributed by atoms with Crippen molar-refractivity contribution < 1.29 is 14.3 Å². The first kappa shape index (κ1) is 17.9. The van der Waals surface area contributed by atoms with Crippen LogP contribution < -0.4 is 19.7 Å². The third-order valence-corrected chi connectivity index (χ3v) is 5.08. The predicted molar refractivity (Wildman–Crippen MR) is 104 cm³/mol. The highest BCUT2D eigenvalue weighted by Crippen LogP contribution is 2.38. The fourth-order valence-electron chi connectivity index (χ4n) is 3.48. The molecule has 6 nitrogen and oxygen atoms in total. The highest BCUT2D eigenvalue weighted by molar-refractivity contribution is 6.32. The molecule has 0 atom stereocenters. The van der Waals surface area contributed by atoms with E-state index >= 15 is 0 Å². The zero-order valence-corrected chi connectivity index (χ0v) is 15.8. The van der Waals surface area contributed by atoms with E-state index in [-0.39, 0.29) is 5.91 Å². The third kappa shape index (κ3) is 3.95. The lowest BCUT2D eigenvalue weighted by Crippen LogP contribution is -2.33. The van der Waals surface area contributed by atoms with E-state index < -0.39 is 0 Å². The van der Waals surface area contributed by atoms with Gasteiger partial charge >= 0.3 is 0 Å². The van der Waals surface area contributed by atoms with Gasteiger partial charge in [-0.15, -0.1) is 0 Å². The Bertz CT molecular complexity index is 837. The standard InChI is InChI=1S/C20H22ClN3O3/c21-16-11-14(12-17-18(16)27-10-9-26-17)13-23-20(25)15-5-4-6-22-19(15)24-7-2-1-3-8-24/h4-6,11-12H,1-3,7-10,13H2,(H,23,25). The van der Waals surface area contributed by atoms with Gasteiger partial charge in [-0.3, -0.25) is 4.79 Å². The molecule has 0 aliphatic carbocycles. The molecule has 142 valence electrons. The Balaban J connectivity index is 1.48. The van der Waals surface area contributed by atoms with Crippen LogP contribution in [0.25, 0.3) is 0 Å². The highest BCUT2D eigenvalue weighted by Gasteiger charge is 2.20.